The van der Waals surface area contributed by atoms with E-state index in [1.54, 1.807) is 6.07 Å². The zero-order chi connectivity index (χ0) is 26.7. The molecule has 37 heavy (non-hydrogen) atoms. The molecule has 192 valence electrons. The van der Waals surface area contributed by atoms with Crippen LogP contribution in [0.15, 0.2) is 73.4 Å². The Labute approximate surface area is 213 Å². The maximum Gasteiger partial charge on any atom is 0.286 e. The van der Waals surface area contributed by atoms with Crippen LogP contribution in [0.3, 0.4) is 0 Å². The highest BCUT2D eigenvalue weighted by Gasteiger charge is 2.23. The number of non-ortho nitro benzene ring substituents is 1. The van der Waals surface area contributed by atoms with E-state index in [-0.39, 0.29) is 38.9 Å². The van der Waals surface area contributed by atoms with E-state index in [2.05, 4.69) is 35.2 Å². The number of halogens is 3. The number of hydrogen-bond acceptors (Lipinski definition) is 13. The summed E-state index contributed by atoms with van der Waals surface area (Å²) < 4.78 is 31.7. The highest BCUT2D eigenvalue weighted by atomic mass is 35.5. The lowest BCUT2D eigenvalue weighted by molar-refractivity contribution is -0.432. The first kappa shape index (κ1) is 26.0. The van der Waals surface area contributed by atoms with Crippen molar-refractivity contribution in [3.8, 4) is 11.5 Å². The van der Waals surface area contributed by atoms with Crippen molar-refractivity contribution in [2.45, 2.75) is 11.2 Å². The molecule has 0 aromatic heterocycles. The van der Waals surface area contributed by atoms with Crippen LogP contribution in [-0.4, -0.2) is 32.8 Å². The third kappa shape index (κ3) is 5.68. The second-order valence-electron chi connectivity index (χ2n) is 7.09. The van der Waals surface area contributed by atoms with E-state index >= 15 is 0 Å². The molecule has 1 heterocycles. The van der Waals surface area contributed by atoms with Crippen LogP contribution in [0, 0.1) is 10.1 Å². The maximum atomic E-state index is 13.8. The Morgan fingerprint density at radius 2 is 2.00 bits per heavy atom. The summed E-state index contributed by atoms with van der Waals surface area (Å²) in [4.78, 5) is 13.3. The molecule has 1 atom stereocenters. The SMILES string of the molecule is O=[N+]([O-])c1ccc(N=Nc2c(SOOO)cc3ccc(NC4=C(Cl)C(F)N=C(F)N4)cc3c2O)c(O)c1. The van der Waals surface area contributed by atoms with Crippen molar-refractivity contribution in [2.75, 3.05) is 5.32 Å². The fourth-order valence-corrected chi connectivity index (χ4v) is 3.79. The van der Waals surface area contributed by atoms with Gasteiger partial charge < -0.3 is 20.8 Å². The zero-order valence-electron chi connectivity index (χ0n) is 17.9. The largest absolute Gasteiger partial charge is 0.505 e. The number of rotatable bonds is 8. The number of aliphatic imine (C=N–C) groups is 1. The normalized spacial score (nSPS) is 15.7. The van der Waals surface area contributed by atoms with Crippen LogP contribution in [0.1, 0.15) is 0 Å². The third-order valence-corrected chi connectivity index (χ3v) is 5.80. The van der Waals surface area contributed by atoms with Crippen LogP contribution in [0.2, 0.25) is 0 Å². The molecular formula is C20H13ClF2N6O7S. The van der Waals surface area contributed by atoms with Crippen molar-refractivity contribution >= 4 is 63.3 Å². The van der Waals surface area contributed by atoms with Gasteiger partial charge in [0.05, 0.1) is 27.9 Å². The Morgan fingerprint density at radius 1 is 1.22 bits per heavy atom. The quantitative estimate of drug-likeness (QED) is 0.0548. The molecule has 1 unspecified atom stereocenters. The molecule has 3 aromatic carbocycles. The van der Waals surface area contributed by atoms with Crippen molar-refractivity contribution in [1.29, 1.82) is 0 Å². The number of nitro groups is 1. The van der Waals surface area contributed by atoms with Gasteiger partial charge in [0.15, 0.2) is 5.75 Å². The van der Waals surface area contributed by atoms with Gasteiger partial charge in [-0.3, -0.25) is 10.1 Å². The topological polar surface area (TPSA) is 183 Å². The second kappa shape index (κ2) is 10.9. The van der Waals surface area contributed by atoms with Crippen LogP contribution in [0.25, 0.3) is 10.8 Å². The van der Waals surface area contributed by atoms with E-state index in [1.807, 2.05) is 0 Å². The van der Waals surface area contributed by atoms with Crippen molar-refractivity contribution < 1.29 is 38.5 Å². The lowest BCUT2D eigenvalue weighted by Crippen LogP contribution is -2.31. The Bertz CT molecular complexity index is 1490. The highest BCUT2D eigenvalue weighted by molar-refractivity contribution is 7.94. The molecule has 1 aliphatic heterocycles. The summed E-state index contributed by atoms with van der Waals surface area (Å²) in [7, 11) is 0. The number of phenols is 2. The van der Waals surface area contributed by atoms with E-state index in [1.165, 1.54) is 18.2 Å². The highest BCUT2D eigenvalue weighted by Crippen LogP contribution is 2.45. The lowest BCUT2D eigenvalue weighted by Gasteiger charge is -2.19. The van der Waals surface area contributed by atoms with Gasteiger partial charge in [0.1, 0.15) is 28.0 Å². The molecular weight excluding hydrogens is 542 g/mol. The number of nitrogens with one attached hydrogen (secondary N) is 2. The number of hydrogen-bond donors (Lipinski definition) is 5. The molecule has 4 rings (SSSR count). The van der Waals surface area contributed by atoms with Gasteiger partial charge in [0.2, 0.25) is 6.30 Å². The fourth-order valence-electron chi connectivity index (χ4n) is 3.15. The molecule has 5 N–H and O–H groups in total. The van der Waals surface area contributed by atoms with Gasteiger partial charge >= 0.3 is 0 Å². The summed E-state index contributed by atoms with van der Waals surface area (Å²) in [6.07, 6.45) is -3.29. The maximum absolute atomic E-state index is 13.8. The van der Waals surface area contributed by atoms with Crippen molar-refractivity contribution in [2.24, 2.45) is 15.2 Å². The van der Waals surface area contributed by atoms with Crippen LogP contribution in [0.5, 0.6) is 11.5 Å². The monoisotopic (exact) mass is 554 g/mol. The van der Waals surface area contributed by atoms with Gasteiger partial charge in [-0.1, -0.05) is 22.7 Å². The summed E-state index contributed by atoms with van der Waals surface area (Å²) >= 11 is 6.32. The van der Waals surface area contributed by atoms with Crippen molar-refractivity contribution in [3.63, 3.8) is 0 Å². The summed E-state index contributed by atoms with van der Waals surface area (Å²) in [6.45, 7) is 0. The predicted molar refractivity (Wildman–Crippen MR) is 128 cm³/mol. The van der Waals surface area contributed by atoms with Crippen LogP contribution in [-0.2, 0) is 9.37 Å². The number of azo groups is 1. The number of nitrogens with zero attached hydrogens (tertiary/aromatic N) is 4. The Hall–Kier alpha value is -4.09. The van der Waals surface area contributed by atoms with Crippen LogP contribution < -0.4 is 10.6 Å². The van der Waals surface area contributed by atoms with Crippen molar-refractivity contribution in [1.82, 2.24) is 5.32 Å². The number of amidine groups is 1. The van der Waals surface area contributed by atoms with Gasteiger partial charge in [-0.2, -0.15) is 9.38 Å². The summed E-state index contributed by atoms with van der Waals surface area (Å²) in [5.74, 6) is -1.18. The van der Waals surface area contributed by atoms with Crippen molar-refractivity contribution in [3.05, 3.63) is 63.4 Å². The number of alkyl halides is 1. The molecule has 13 nitrogen and oxygen atoms in total. The molecule has 0 amide bonds. The number of fused-ring (bicyclic) bond motifs is 1. The minimum atomic E-state index is -2.10. The number of aromatic hydroxyl groups is 2. The molecule has 0 saturated heterocycles. The van der Waals surface area contributed by atoms with Crippen LogP contribution in [0.4, 0.5) is 31.5 Å². The van der Waals surface area contributed by atoms with Crippen LogP contribution >= 0.6 is 23.6 Å². The molecule has 0 radical (unpaired) electrons. The molecule has 0 bridgehead atoms. The first-order valence-corrected chi connectivity index (χ1v) is 10.9. The molecule has 0 fully saturated rings. The second-order valence-corrected chi connectivity index (χ2v) is 8.24. The van der Waals surface area contributed by atoms with Gasteiger partial charge in [0.25, 0.3) is 11.8 Å². The van der Waals surface area contributed by atoms with Gasteiger partial charge in [0, 0.05) is 17.1 Å². The first-order valence-electron chi connectivity index (χ1n) is 9.82. The van der Waals surface area contributed by atoms with Gasteiger partial charge in [-0.05, 0) is 29.7 Å². The van der Waals surface area contributed by atoms with E-state index < -0.39 is 33.8 Å². The molecule has 3 aromatic rings. The van der Waals surface area contributed by atoms with Gasteiger partial charge in [-0.15, -0.1) is 14.6 Å². The fraction of sp³-hybridized carbons (Fsp3) is 0.0500. The molecule has 17 heteroatoms. The van der Waals surface area contributed by atoms with E-state index in [0.29, 0.717) is 17.4 Å². The summed E-state index contributed by atoms with van der Waals surface area (Å²) in [5, 5.41) is 56.8. The molecule has 1 aliphatic rings. The zero-order valence-corrected chi connectivity index (χ0v) is 19.5. The Morgan fingerprint density at radius 3 is 2.70 bits per heavy atom. The molecule has 0 saturated carbocycles. The van der Waals surface area contributed by atoms with Gasteiger partial charge in [-0.25, -0.2) is 9.65 Å². The third-order valence-electron chi connectivity index (χ3n) is 4.81. The predicted octanol–water partition coefficient (Wildman–Crippen LogP) is 6.05. The minimum absolute atomic E-state index is 0.114. The average molecular weight is 555 g/mol. The Kier molecular flexibility index (Phi) is 7.65. The standard InChI is InChI=1S/C20H13ClF2N6O7S/c21-15-18(22)25-20(23)26-19(15)24-9-2-1-8-5-14(37-36-35-34)16(17(31)11(8)6-9)28-27-12-4-3-10(29(32)33)7-13(12)30/h1-7,18,24,30-31,34H,(H,25,26). The minimum Gasteiger partial charge on any atom is -0.505 e. The number of benzene rings is 3. The number of anilines is 1. The Balaban J connectivity index is 1.74. The number of phenolic OH excluding ortho intramolecular Hbond substituents is 2. The molecule has 0 aliphatic carbocycles. The summed E-state index contributed by atoms with van der Waals surface area (Å²) in [5.41, 5.74) is -0.455. The molecule has 0 spiro atoms. The van der Waals surface area contributed by atoms with E-state index in [0.717, 1.165) is 18.2 Å². The lowest BCUT2D eigenvalue weighted by atomic mass is 10.1. The smallest absolute Gasteiger partial charge is 0.286 e. The van der Waals surface area contributed by atoms with E-state index in [9.17, 15) is 29.1 Å². The first-order chi connectivity index (χ1) is 17.7. The van der Waals surface area contributed by atoms with E-state index in [4.69, 9.17) is 16.9 Å². The number of nitro benzene ring substituents is 1. The summed E-state index contributed by atoms with van der Waals surface area (Å²) in [6, 6.07) is 9.08. The average Bonchev–Trinajstić information content (AvgIpc) is 2.86.